The van der Waals surface area contributed by atoms with Crippen molar-refractivity contribution in [3.63, 3.8) is 0 Å². The lowest BCUT2D eigenvalue weighted by Crippen LogP contribution is -2.21. The summed E-state index contributed by atoms with van der Waals surface area (Å²) in [5.74, 6) is 0.319. The fourth-order valence-corrected chi connectivity index (χ4v) is 3.76. The highest BCUT2D eigenvalue weighted by Gasteiger charge is 2.18. The Labute approximate surface area is 153 Å². The van der Waals surface area contributed by atoms with Gasteiger partial charge in [-0.1, -0.05) is 0 Å². The van der Waals surface area contributed by atoms with E-state index in [4.69, 9.17) is 9.47 Å². The standard InChI is InChI=1S/C18H18N2O5S/c1-10-14-16(26-15(10)18(22)23)19-9-20(17(14)21)5-4-11-6-12(24-2)8-13(7-11)25-3/h6-9H,4-5H2,1-3H3,(H,22,23). The maximum absolute atomic E-state index is 12.7. The number of carbonyl (C=O) groups is 1. The van der Waals surface area contributed by atoms with E-state index in [-0.39, 0.29) is 10.4 Å². The Kier molecular flexibility index (Phi) is 4.94. The van der Waals surface area contributed by atoms with Gasteiger partial charge in [0.1, 0.15) is 21.2 Å². The molecule has 0 bridgehead atoms. The molecule has 136 valence electrons. The van der Waals surface area contributed by atoms with Gasteiger partial charge in [-0.15, -0.1) is 11.3 Å². The summed E-state index contributed by atoms with van der Waals surface area (Å²) in [6.07, 6.45) is 2.04. The average Bonchev–Trinajstić information content (AvgIpc) is 2.98. The van der Waals surface area contributed by atoms with E-state index in [2.05, 4.69) is 4.98 Å². The second-order valence-electron chi connectivity index (χ2n) is 5.76. The molecule has 1 N–H and O–H groups in total. The van der Waals surface area contributed by atoms with Crippen LogP contribution in [-0.4, -0.2) is 34.8 Å². The quantitative estimate of drug-likeness (QED) is 0.713. The van der Waals surface area contributed by atoms with E-state index in [1.54, 1.807) is 27.2 Å². The van der Waals surface area contributed by atoms with Gasteiger partial charge in [0.05, 0.1) is 25.9 Å². The predicted octanol–water partition coefficient (Wildman–Crippen LogP) is 2.72. The van der Waals surface area contributed by atoms with Crippen LogP contribution in [-0.2, 0) is 13.0 Å². The van der Waals surface area contributed by atoms with Crippen molar-refractivity contribution < 1.29 is 19.4 Å². The third kappa shape index (κ3) is 3.28. The van der Waals surface area contributed by atoms with Crippen LogP contribution in [0, 0.1) is 6.92 Å². The molecule has 0 radical (unpaired) electrons. The lowest BCUT2D eigenvalue weighted by atomic mass is 10.1. The number of aryl methyl sites for hydroxylation is 3. The van der Waals surface area contributed by atoms with E-state index in [0.29, 0.717) is 40.2 Å². The number of carboxylic acid groups (broad SMARTS) is 1. The van der Waals surface area contributed by atoms with Gasteiger partial charge in [0.25, 0.3) is 5.56 Å². The molecule has 0 aliphatic heterocycles. The number of aromatic carboxylic acids is 1. The third-order valence-electron chi connectivity index (χ3n) is 4.16. The van der Waals surface area contributed by atoms with Crippen LogP contribution in [0.2, 0.25) is 0 Å². The lowest BCUT2D eigenvalue weighted by Gasteiger charge is -2.09. The summed E-state index contributed by atoms with van der Waals surface area (Å²) in [6.45, 7) is 2.05. The number of thiophene rings is 1. The Bertz CT molecular complexity index is 1020. The number of fused-ring (bicyclic) bond motifs is 1. The Morgan fingerprint density at radius 2 is 1.88 bits per heavy atom. The molecule has 0 saturated heterocycles. The zero-order chi connectivity index (χ0) is 18.8. The number of rotatable bonds is 6. The molecule has 0 amide bonds. The van der Waals surface area contributed by atoms with Crippen LogP contribution in [0.3, 0.4) is 0 Å². The number of hydrogen-bond donors (Lipinski definition) is 1. The van der Waals surface area contributed by atoms with E-state index in [0.717, 1.165) is 16.9 Å². The first kappa shape index (κ1) is 17.9. The van der Waals surface area contributed by atoms with Crippen molar-refractivity contribution in [2.75, 3.05) is 14.2 Å². The smallest absolute Gasteiger partial charge is 0.346 e. The Morgan fingerprint density at radius 3 is 2.46 bits per heavy atom. The molecule has 0 aliphatic rings. The molecular formula is C18H18N2O5S. The number of ether oxygens (including phenoxy) is 2. The van der Waals surface area contributed by atoms with Crippen LogP contribution >= 0.6 is 11.3 Å². The zero-order valence-corrected chi connectivity index (χ0v) is 15.4. The molecule has 0 spiro atoms. The normalized spacial score (nSPS) is 10.9. The highest BCUT2D eigenvalue weighted by atomic mass is 32.1. The van der Waals surface area contributed by atoms with Crippen molar-refractivity contribution in [3.05, 3.63) is 50.9 Å². The van der Waals surface area contributed by atoms with E-state index < -0.39 is 5.97 Å². The minimum atomic E-state index is -1.04. The van der Waals surface area contributed by atoms with Crippen LogP contribution in [0.15, 0.2) is 29.3 Å². The molecule has 26 heavy (non-hydrogen) atoms. The van der Waals surface area contributed by atoms with Gasteiger partial charge in [-0.3, -0.25) is 9.36 Å². The molecular weight excluding hydrogens is 356 g/mol. The Morgan fingerprint density at radius 1 is 1.23 bits per heavy atom. The molecule has 0 aliphatic carbocycles. The second kappa shape index (κ2) is 7.17. The summed E-state index contributed by atoms with van der Waals surface area (Å²) >= 11 is 1.02. The molecule has 8 heteroatoms. The minimum Gasteiger partial charge on any atom is -0.497 e. The second-order valence-corrected chi connectivity index (χ2v) is 6.75. The number of methoxy groups -OCH3 is 2. The maximum atomic E-state index is 12.7. The SMILES string of the molecule is COc1cc(CCn2cnc3sc(C(=O)O)c(C)c3c2=O)cc(OC)c1. The third-order valence-corrected chi connectivity index (χ3v) is 5.35. The van der Waals surface area contributed by atoms with Crippen molar-refractivity contribution in [2.45, 2.75) is 19.9 Å². The molecule has 0 atom stereocenters. The highest BCUT2D eigenvalue weighted by molar-refractivity contribution is 7.20. The monoisotopic (exact) mass is 374 g/mol. The van der Waals surface area contributed by atoms with Crippen molar-refractivity contribution in [1.29, 1.82) is 0 Å². The highest BCUT2D eigenvalue weighted by Crippen LogP contribution is 2.27. The fraction of sp³-hybridized carbons (Fsp3) is 0.278. The first-order valence-electron chi connectivity index (χ1n) is 7.88. The van der Waals surface area contributed by atoms with E-state index in [1.165, 1.54) is 10.9 Å². The summed E-state index contributed by atoms with van der Waals surface area (Å²) in [6, 6.07) is 5.56. The number of benzene rings is 1. The van der Waals surface area contributed by atoms with Gasteiger partial charge in [0, 0.05) is 12.6 Å². The van der Waals surface area contributed by atoms with Crippen LogP contribution in [0.4, 0.5) is 0 Å². The molecule has 0 saturated carbocycles. The van der Waals surface area contributed by atoms with Crippen LogP contribution in [0.25, 0.3) is 10.2 Å². The first-order valence-corrected chi connectivity index (χ1v) is 8.70. The van der Waals surface area contributed by atoms with Gasteiger partial charge in [0.15, 0.2) is 0 Å². The molecule has 7 nitrogen and oxygen atoms in total. The zero-order valence-electron chi connectivity index (χ0n) is 14.6. The largest absolute Gasteiger partial charge is 0.497 e. The van der Waals surface area contributed by atoms with Crippen LogP contribution < -0.4 is 15.0 Å². The van der Waals surface area contributed by atoms with Crippen LogP contribution in [0.5, 0.6) is 11.5 Å². The fourth-order valence-electron chi connectivity index (χ4n) is 2.78. The molecule has 2 aromatic heterocycles. The summed E-state index contributed by atoms with van der Waals surface area (Å²) in [5.41, 5.74) is 1.19. The number of carboxylic acids is 1. The molecule has 3 aromatic rings. The molecule has 0 unspecified atom stereocenters. The van der Waals surface area contributed by atoms with Gasteiger partial charge in [0.2, 0.25) is 0 Å². The van der Waals surface area contributed by atoms with Crippen molar-refractivity contribution in [1.82, 2.24) is 9.55 Å². The predicted molar refractivity (Wildman–Crippen MR) is 98.8 cm³/mol. The van der Waals surface area contributed by atoms with E-state index in [9.17, 15) is 14.7 Å². The van der Waals surface area contributed by atoms with Crippen molar-refractivity contribution >= 4 is 27.5 Å². The van der Waals surface area contributed by atoms with Gasteiger partial charge in [-0.05, 0) is 36.6 Å². The van der Waals surface area contributed by atoms with Crippen LogP contribution in [0.1, 0.15) is 20.8 Å². The molecule has 0 fully saturated rings. The topological polar surface area (TPSA) is 90.7 Å². The Hall–Kier alpha value is -2.87. The van der Waals surface area contributed by atoms with Crippen molar-refractivity contribution in [3.8, 4) is 11.5 Å². The summed E-state index contributed by atoms with van der Waals surface area (Å²) in [4.78, 5) is 28.9. The summed E-state index contributed by atoms with van der Waals surface area (Å²) < 4.78 is 12.0. The molecule has 3 rings (SSSR count). The van der Waals surface area contributed by atoms with Gasteiger partial charge >= 0.3 is 5.97 Å². The van der Waals surface area contributed by atoms with E-state index in [1.807, 2.05) is 12.1 Å². The number of nitrogens with zero attached hydrogens (tertiary/aromatic N) is 2. The van der Waals surface area contributed by atoms with Gasteiger partial charge in [-0.2, -0.15) is 0 Å². The summed E-state index contributed by atoms with van der Waals surface area (Å²) in [5, 5.41) is 9.60. The Balaban J connectivity index is 1.93. The van der Waals surface area contributed by atoms with Gasteiger partial charge in [-0.25, -0.2) is 9.78 Å². The van der Waals surface area contributed by atoms with Crippen molar-refractivity contribution in [2.24, 2.45) is 0 Å². The molecule has 2 heterocycles. The van der Waals surface area contributed by atoms with E-state index >= 15 is 0 Å². The minimum absolute atomic E-state index is 0.153. The number of hydrogen-bond acceptors (Lipinski definition) is 6. The van der Waals surface area contributed by atoms with Gasteiger partial charge < -0.3 is 14.6 Å². The maximum Gasteiger partial charge on any atom is 0.346 e. The molecule has 1 aromatic carbocycles. The first-order chi connectivity index (χ1) is 12.4. The number of aromatic nitrogens is 2. The summed E-state index contributed by atoms with van der Waals surface area (Å²) in [7, 11) is 3.17. The average molecular weight is 374 g/mol. The lowest BCUT2D eigenvalue weighted by molar-refractivity contribution is 0.0701.